The largest absolute Gasteiger partial charge is 0.370 e. The monoisotopic (exact) mass is 250 g/mol. The molecule has 4 nitrogen and oxygen atoms in total. The van der Waals surface area contributed by atoms with Crippen LogP contribution in [-0.4, -0.2) is 22.6 Å². The molecule has 1 aromatic heterocycles. The molecule has 0 aromatic carbocycles. The summed E-state index contributed by atoms with van der Waals surface area (Å²) < 4.78 is 0. The van der Waals surface area contributed by atoms with Gasteiger partial charge in [0.2, 0.25) is 0 Å². The summed E-state index contributed by atoms with van der Waals surface area (Å²) in [5.41, 5.74) is 0. The van der Waals surface area contributed by atoms with Gasteiger partial charge in [0.15, 0.2) is 0 Å². The van der Waals surface area contributed by atoms with Crippen LogP contribution in [0.3, 0.4) is 0 Å². The molecular formula is C14H26N4. The Morgan fingerprint density at radius 3 is 2.39 bits per heavy atom. The van der Waals surface area contributed by atoms with Crippen molar-refractivity contribution in [2.75, 3.05) is 17.2 Å². The number of aromatic nitrogens is 2. The van der Waals surface area contributed by atoms with E-state index in [0.29, 0.717) is 12.0 Å². The van der Waals surface area contributed by atoms with Crippen LogP contribution in [-0.2, 0) is 0 Å². The lowest BCUT2D eigenvalue weighted by Crippen LogP contribution is -2.25. The molecule has 1 rings (SSSR count). The van der Waals surface area contributed by atoms with Crippen LogP contribution in [0, 0.1) is 12.8 Å². The van der Waals surface area contributed by atoms with Gasteiger partial charge in [-0.25, -0.2) is 9.97 Å². The SMILES string of the molecule is CCCNc1cc(NC(CC)C(C)C)nc(C)n1. The lowest BCUT2D eigenvalue weighted by molar-refractivity contribution is 0.509. The first-order valence-corrected chi connectivity index (χ1v) is 6.92. The minimum Gasteiger partial charge on any atom is -0.370 e. The zero-order valence-electron chi connectivity index (χ0n) is 12.2. The second-order valence-corrected chi connectivity index (χ2v) is 5.02. The Bertz CT molecular complexity index is 363. The van der Waals surface area contributed by atoms with E-state index in [0.717, 1.165) is 36.8 Å². The third kappa shape index (κ3) is 4.51. The maximum atomic E-state index is 4.45. The molecule has 2 N–H and O–H groups in total. The summed E-state index contributed by atoms with van der Waals surface area (Å²) in [5, 5.41) is 6.80. The van der Waals surface area contributed by atoms with Gasteiger partial charge in [0.05, 0.1) is 0 Å². The molecule has 0 radical (unpaired) electrons. The smallest absolute Gasteiger partial charge is 0.132 e. The maximum Gasteiger partial charge on any atom is 0.132 e. The Morgan fingerprint density at radius 1 is 1.17 bits per heavy atom. The van der Waals surface area contributed by atoms with Crippen LogP contribution in [0.25, 0.3) is 0 Å². The molecule has 102 valence electrons. The predicted molar refractivity (Wildman–Crippen MR) is 78.1 cm³/mol. The van der Waals surface area contributed by atoms with Crippen LogP contribution in [0.2, 0.25) is 0 Å². The van der Waals surface area contributed by atoms with Crippen molar-refractivity contribution >= 4 is 11.6 Å². The third-order valence-corrected chi connectivity index (χ3v) is 2.97. The Kier molecular flexibility index (Phi) is 5.89. The second-order valence-electron chi connectivity index (χ2n) is 5.02. The van der Waals surface area contributed by atoms with Gasteiger partial charge in [0.1, 0.15) is 17.5 Å². The average Bonchev–Trinajstić information content (AvgIpc) is 2.32. The zero-order valence-corrected chi connectivity index (χ0v) is 12.2. The van der Waals surface area contributed by atoms with Crippen LogP contribution in [0.1, 0.15) is 46.4 Å². The average molecular weight is 250 g/mol. The highest BCUT2D eigenvalue weighted by atomic mass is 15.1. The van der Waals surface area contributed by atoms with E-state index < -0.39 is 0 Å². The molecule has 0 saturated heterocycles. The quantitative estimate of drug-likeness (QED) is 0.778. The first-order chi connectivity index (χ1) is 8.56. The maximum absolute atomic E-state index is 4.45. The number of anilines is 2. The Balaban J connectivity index is 2.78. The van der Waals surface area contributed by atoms with Crippen LogP contribution in [0.15, 0.2) is 6.07 Å². The third-order valence-electron chi connectivity index (χ3n) is 2.97. The van der Waals surface area contributed by atoms with Crippen molar-refractivity contribution in [3.05, 3.63) is 11.9 Å². The molecule has 4 heteroatoms. The molecule has 0 fully saturated rings. The van der Waals surface area contributed by atoms with Crippen LogP contribution in [0.5, 0.6) is 0 Å². The summed E-state index contributed by atoms with van der Waals surface area (Å²) in [6.45, 7) is 11.7. The molecule has 0 spiro atoms. The minimum atomic E-state index is 0.457. The summed E-state index contributed by atoms with van der Waals surface area (Å²) in [6, 6.07) is 2.45. The number of hydrogen-bond acceptors (Lipinski definition) is 4. The molecular weight excluding hydrogens is 224 g/mol. The van der Waals surface area contributed by atoms with Gasteiger partial charge in [-0.15, -0.1) is 0 Å². The summed E-state index contributed by atoms with van der Waals surface area (Å²) in [5.74, 6) is 3.22. The van der Waals surface area contributed by atoms with E-state index in [1.165, 1.54) is 0 Å². The number of nitrogens with one attached hydrogen (secondary N) is 2. The molecule has 0 bridgehead atoms. The Labute approximate surface area is 111 Å². The van der Waals surface area contributed by atoms with E-state index in [9.17, 15) is 0 Å². The molecule has 1 heterocycles. The van der Waals surface area contributed by atoms with Crippen molar-refractivity contribution in [3.8, 4) is 0 Å². The van der Waals surface area contributed by atoms with Gasteiger partial charge in [0.25, 0.3) is 0 Å². The normalized spacial score (nSPS) is 12.6. The summed E-state index contributed by atoms with van der Waals surface area (Å²) >= 11 is 0. The van der Waals surface area contributed by atoms with Crippen LogP contribution >= 0.6 is 0 Å². The molecule has 0 aliphatic carbocycles. The topological polar surface area (TPSA) is 49.8 Å². The fraction of sp³-hybridized carbons (Fsp3) is 0.714. The summed E-state index contributed by atoms with van der Waals surface area (Å²) in [4.78, 5) is 8.84. The van der Waals surface area contributed by atoms with Gasteiger partial charge in [0, 0.05) is 18.7 Å². The first kappa shape index (κ1) is 14.7. The first-order valence-electron chi connectivity index (χ1n) is 6.92. The molecule has 1 aromatic rings. The van der Waals surface area contributed by atoms with Gasteiger partial charge >= 0.3 is 0 Å². The van der Waals surface area contributed by atoms with Crippen molar-refractivity contribution in [3.63, 3.8) is 0 Å². The zero-order chi connectivity index (χ0) is 13.5. The van der Waals surface area contributed by atoms with E-state index in [2.05, 4.69) is 48.3 Å². The van der Waals surface area contributed by atoms with Crippen molar-refractivity contribution in [2.45, 2.75) is 53.5 Å². The highest BCUT2D eigenvalue weighted by Gasteiger charge is 2.12. The van der Waals surface area contributed by atoms with Gasteiger partial charge in [-0.05, 0) is 25.7 Å². The molecule has 0 saturated carbocycles. The highest BCUT2D eigenvalue weighted by Crippen LogP contribution is 2.16. The van der Waals surface area contributed by atoms with Gasteiger partial charge < -0.3 is 10.6 Å². The van der Waals surface area contributed by atoms with Crippen LogP contribution in [0.4, 0.5) is 11.6 Å². The van der Waals surface area contributed by atoms with Crippen LogP contribution < -0.4 is 10.6 Å². The van der Waals surface area contributed by atoms with Gasteiger partial charge in [-0.1, -0.05) is 27.7 Å². The molecule has 0 amide bonds. The predicted octanol–water partition coefficient (Wildman–Crippen LogP) is 3.45. The second kappa shape index (κ2) is 7.19. The molecule has 0 aliphatic rings. The van der Waals surface area contributed by atoms with Crippen molar-refractivity contribution in [2.24, 2.45) is 5.92 Å². The number of rotatable bonds is 7. The van der Waals surface area contributed by atoms with E-state index in [4.69, 9.17) is 0 Å². The fourth-order valence-corrected chi connectivity index (χ4v) is 1.92. The molecule has 1 unspecified atom stereocenters. The lowest BCUT2D eigenvalue weighted by atomic mass is 10.0. The molecule has 18 heavy (non-hydrogen) atoms. The number of aryl methyl sites for hydroxylation is 1. The Morgan fingerprint density at radius 2 is 1.83 bits per heavy atom. The van der Waals surface area contributed by atoms with E-state index in [1.807, 2.05) is 13.0 Å². The Hall–Kier alpha value is -1.32. The van der Waals surface area contributed by atoms with Crippen molar-refractivity contribution in [1.82, 2.24) is 9.97 Å². The van der Waals surface area contributed by atoms with Crippen molar-refractivity contribution < 1.29 is 0 Å². The lowest BCUT2D eigenvalue weighted by Gasteiger charge is -2.21. The van der Waals surface area contributed by atoms with Gasteiger partial charge in [-0.3, -0.25) is 0 Å². The summed E-state index contributed by atoms with van der Waals surface area (Å²) in [6.07, 6.45) is 2.19. The standard InChI is InChI=1S/C14H26N4/c1-6-8-15-13-9-14(17-11(5)16-13)18-12(7-2)10(3)4/h9-10,12H,6-8H2,1-5H3,(H2,15,16,17,18). The number of hydrogen-bond donors (Lipinski definition) is 2. The highest BCUT2D eigenvalue weighted by molar-refractivity contribution is 5.48. The molecule has 1 atom stereocenters. The van der Waals surface area contributed by atoms with E-state index >= 15 is 0 Å². The van der Waals surface area contributed by atoms with E-state index in [1.54, 1.807) is 0 Å². The number of nitrogens with zero attached hydrogens (tertiary/aromatic N) is 2. The van der Waals surface area contributed by atoms with Crippen molar-refractivity contribution in [1.29, 1.82) is 0 Å². The van der Waals surface area contributed by atoms with E-state index in [-0.39, 0.29) is 0 Å². The molecule has 0 aliphatic heterocycles. The van der Waals surface area contributed by atoms with Gasteiger partial charge in [-0.2, -0.15) is 0 Å². The fourth-order valence-electron chi connectivity index (χ4n) is 1.92. The minimum absolute atomic E-state index is 0.457. The summed E-state index contributed by atoms with van der Waals surface area (Å²) in [7, 11) is 0.